The van der Waals surface area contributed by atoms with E-state index in [9.17, 15) is 14.4 Å². The molecule has 216 valence electrons. The minimum absolute atomic E-state index is 0.162. The van der Waals surface area contributed by atoms with E-state index in [0.29, 0.717) is 43.6 Å². The molecule has 0 radical (unpaired) electrons. The number of furan rings is 2. The molecule has 1 N–H and O–H groups in total. The minimum atomic E-state index is -1.01. The lowest BCUT2D eigenvalue weighted by molar-refractivity contribution is -0.139. The van der Waals surface area contributed by atoms with Crippen LogP contribution in [0.4, 0.5) is 0 Å². The van der Waals surface area contributed by atoms with Gasteiger partial charge in [-0.1, -0.05) is 51.5 Å². The zero-order valence-electron chi connectivity index (χ0n) is 22.9. The van der Waals surface area contributed by atoms with E-state index in [0.717, 1.165) is 10.0 Å². The Morgan fingerprint density at radius 2 is 1.65 bits per heavy atom. The number of benzene rings is 2. The number of carbonyl (C=O) groups is 2. The Morgan fingerprint density at radius 3 is 2.33 bits per heavy atom. The van der Waals surface area contributed by atoms with Crippen LogP contribution >= 0.6 is 27.3 Å². The average Bonchev–Trinajstić information content (AvgIpc) is 3.73. The van der Waals surface area contributed by atoms with Gasteiger partial charge in [-0.05, 0) is 62.4 Å². The van der Waals surface area contributed by atoms with Crippen molar-refractivity contribution in [2.24, 2.45) is 4.99 Å². The average molecular weight is 660 g/mol. The highest BCUT2D eigenvalue weighted by Crippen LogP contribution is 2.34. The minimum Gasteiger partial charge on any atom is -0.478 e. The molecule has 11 heteroatoms. The predicted octanol–water partition coefficient (Wildman–Crippen LogP) is 5.78. The number of thiazole rings is 1. The van der Waals surface area contributed by atoms with Crippen molar-refractivity contribution in [3.05, 3.63) is 125 Å². The molecule has 0 saturated carbocycles. The van der Waals surface area contributed by atoms with Crippen LogP contribution in [0.3, 0.4) is 0 Å². The lowest BCUT2D eigenvalue weighted by Crippen LogP contribution is -2.39. The van der Waals surface area contributed by atoms with Gasteiger partial charge in [0.1, 0.15) is 29.1 Å². The standard InChI is InChI=1S/C32H23BrN2O7S/c1-3-40-31(39)27-17(2)34-32-35(28(27)25-15-14-24(42-25)19-8-10-21(33)11-9-19)29(36)26(43-32)16-22-12-13-23(41-22)18-4-6-20(7-5-18)30(37)38/h4-16,28H,3H2,1-2H3,(H,37,38)/b26-16-/t28-/m1/s1. The van der Waals surface area contributed by atoms with Crippen molar-refractivity contribution in [3.8, 4) is 22.6 Å². The number of allylic oxidation sites excluding steroid dienone is 1. The van der Waals surface area contributed by atoms with Gasteiger partial charge in [0.2, 0.25) is 0 Å². The summed E-state index contributed by atoms with van der Waals surface area (Å²) in [4.78, 5) is 43.2. The number of hydrogen-bond acceptors (Lipinski definition) is 8. The lowest BCUT2D eigenvalue weighted by Gasteiger charge is -2.22. The van der Waals surface area contributed by atoms with E-state index in [2.05, 4.69) is 20.9 Å². The molecule has 0 unspecified atom stereocenters. The van der Waals surface area contributed by atoms with Crippen LogP contribution in [0, 0.1) is 0 Å². The zero-order valence-corrected chi connectivity index (χ0v) is 25.3. The van der Waals surface area contributed by atoms with Crippen molar-refractivity contribution in [1.29, 1.82) is 0 Å². The first-order valence-corrected chi connectivity index (χ1v) is 14.8. The van der Waals surface area contributed by atoms with E-state index >= 15 is 0 Å². The second-order valence-electron chi connectivity index (χ2n) is 9.60. The molecule has 1 atom stereocenters. The highest BCUT2D eigenvalue weighted by atomic mass is 79.9. The number of rotatable bonds is 7. The van der Waals surface area contributed by atoms with Gasteiger partial charge in [0.15, 0.2) is 4.80 Å². The quantitative estimate of drug-likeness (QED) is 0.220. The largest absolute Gasteiger partial charge is 0.478 e. The highest BCUT2D eigenvalue weighted by molar-refractivity contribution is 9.10. The summed E-state index contributed by atoms with van der Waals surface area (Å²) in [6.45, 7) is 3.59. The summed E-state index contributed by atoms with van der Waals surface area (Å²) < 4.78 is 20.3. The number of carbonyl (C=O) groups excluding carboxylic acids is 1. The second-order valence-corrected chi connectivity index (χ2v) is 11.5. The fourth-order valence-electron chi connectivity index (χ4n) is 4.82. The van der Waals surface area contributed by atoms with Gasteiger partial charge in [-0.3, -0.25) is 9.36 Å². The van der Waals surface area contributed by atoms with Gasteiger partial charge in [0.05, 0.1) is 28.0 Å². The van der Waals surface area contributed by atoms with Crippen LogP contribution in [0.15, 0.2) is 107 Å². The summed E-state index contributed by atoms with van der Waals surface area (Å²) in [5, 5.41) is 9.15. The summed E-state index contributed by atoms with van der Waals surface area (Å²) in [6.07, 6.45) is 1.62. The third kappa shape index (κ3) is 5.44. The number of ether oxygens (including phenoxy) is 1. The molecule has 6 rings (SSSR count). The molecule has 2 aromatic carbocycles. The molecule has 0 spiro atoms. The summed E-state index contributed by atoms with van der Waals surface area (Å²) in [6, 6.07) is 20.1. The highest BCUT2D eigenvalue weighted by Gasteiger charge is 2.35. The van der Waals surface area contributed by atoms with Crippen molar-refractivity contribution in [2.75, 3.05) is 6.61 Å². The molecule has 0 amide bonds. The number of carboxylic acid groups (broad SMARTS) is 1. The molecule has 3 aromatic heterocycles. The van der Waals surface area contributed by atoms with Gasteiger partial charge in [-0.25, -0.2) is 14.6 Å². The number of esters is 1. The Hall–Kier alpha value is -4.74. The van der Waals surface area contributed by atoms with Crippen molar-refractivity contribution in [3.63, 3.8) is 0 Å². The van der Waals surface area contributed by atoms with Gasteiger partial charge >= 0.3 is 11.9 Å². The number of aromatic nitrogens is 1. The Bertz CT molecular complexity index is 2080. The molecule has 4 heterocycles. The van der Waals surface area contributed by atoms with Crippen molar-refractivity contribution < 1.29 is 28.3 Å². The van der Waals surface area contributed by atoms with Gasteiger partial charge in [0.25, 0.3) is 5.56 Å². The van der Waals surface area contributed by atoms with Gasteiger partial charge in [-0.15, -0.1) is 0 Å². The molecule has 1 aliphatic heterocycles. The number of nitrogens with zero attached hydrogens (tertiary/aromatic N) is 2. The van der Waals surface area contributed by atoms with Crippen LogP contribution < -0.4 is 14.9 Å². The van der Waals surface area contributed by atoms with E-state index in [1.54, 1.807) is 56.3 Å². The van der Waals surface area contributed by atoms with Crippen LogP contribution in [0.1, 0.15) is 41.8 Å². The van der Waals surface area contributed by atoms with Crippen molar-refractivity contribution in [2.45, 2.75) is 19.9 Å². The molecule has 0 saturated heterocycles. The van der Waals surface area contributed by atoms with Crippen molar-refractivity contribution >= 4 is 45.3 Å². The van der Waals surface area contributed by atoms with E-state index in [4.69, 9.17) is 18.7 Å². The topological polar surface area (TPSA) is 124 Å². The van der Waals surface area contributed by atoms with Crippen LogP contribution in [0.25, 0.3) is 28.7 Å². The molecule has 0 aliphatic carbocycles. The number of hydrogen-bond donors (Lipinski definition) is 1. The maximum Gasteiger partial charge on any atom is 0.338 e. The number of fused-ring (bicyclic) bond motifs is 1. The van der Waals surface area contributed by atoms with Crippen LogP contribution in [-0.4, -0.2) is 28.2 Å². The number of aromatic carboxylic acids is 1. The van der Waals surface area contributed by atoms with E-state index < -0.39 is 18.0 Å². The van der Waals surface area contributed by atoms with Gasteiger partial charge in [-0.2, -0.15) is 0 Å². The zero-order chi connectivity index (χ0) is 30.2. The van der Waals surface area contributed by atoms with Crippen LogP contribution in [-0.2, 0) is 9.53 Å². The van der Waals surface area contributed by atoms with Crippen molar-refractivity contribution in [1.82, 2.24) is 4.57 Å². The first-order valence-electron chi connectivity index (χ1n) is 13.2. The Kier molecular flexibility index (Phi) is 7.59. The summed E-state index contributed by atoms with van der Waals surface area (Å²) >= 11 is 4.61. The molecule has 0 bridgehead atoms. The summed E-state index contributed by atoms with van der Waals surface area (Å²) in [5.41, 5.74) is 2.00. The molecule has 5 aromatic rings. The molecule has 43 heavy (non-hydrogen) atoms. The number of halogens is 1. The second kappa shape index (κ2) is 11.5. The maximum atomic E-state index is 13.9. The molecular weight excluding hydrogens is 636 g/mol. The molecule has 1 aliphatic rings. The normalized spacial score (nSPS) is 14.9. The molecule has 0 fully saturated rings. The van der Waals surface area contributed by atoms with Crippen LogP contribution in [0.2, 0.25) is 0 Å². The van der Waals surface area contributed by atoms with E-state index in [1.165, 1.54) is 28.0 Å². The third-order valence-corrected chi connectivity index (χ3v) is 8.37. The van der Waals surface area contributed by atoms with Gasteiger partial charge < -0.3 is 18.7 Å². The fraction of sp³-hybridized carbons (Fsp3) is 0.125. The molecule has 9 nitrogen and oxygen atoms in total. The molecular formula is C32H23BrN2O7S. The van der Waals surface area contributed by atoms with E-state index in [-0.39, 0.29) is 23.3 Å². The first kappa shape index (κ1) is 28.4. The smallest absolute Gasteiger partial charge is 0.338 e. The lowest BCUT2D eigenvalue weighted by atomic mass is 10.0. The fourth-order valence-corrected chi connectivity index (χ4v) is 6.11. The Morgan fingerprint density at radius 1 is 1.00 bits per heavy atom. The van der Waals surface area contributed by atoms with E-state index in [1.807, 2.05) is 24.3 Å². The SMILES string of the molecule is CCOC(=O)C1=C(C)N=c2s/c(=C\c3ccc(-c4ccc(C(=O)O)cc4)o3)c(=O)n2[C@@H]1c1ccc(-c2ccc(Br)cc2)o1. The Balaban J connectivity index is 1.43. The monoisotopic (exact) mass is 658 g/mol. The number of carboxylic acids is 1. The first-order chi connectivity index (χ1) is 20.7. The maximum absolute atomic E-state index is 13.9. The third-order valence-electron chi connectivity index (χ3n) is 6.86. The Labute approximate surface area is 256 Å². The summed E-state index contributed by atoms with van der Waals surface area (Å²) in [5.74, 6) is 0.339. The summed E-state index contributed by atoms with van der Waals surface area (Å²) in [7, 11) is 0. The predicted molar refractivity (Wildman–Crippen MR) is 163 cm³/mol. The van der Waals surface area contributed by atoms with Gasteiger partial charge in [0, 0.05) is 21.7 Å². The van der Waals surface area contributed by atoms with Crippen LogP contribution in [0.5, 0.6) is 0 Å².